The number of nitrogens with one attached hydrogen (secondary N) is 1. The second kappa shape index (κ2) is 6.00. The van der Waals surface area contributed by atoms with Gasteiger partial charge in [0.15, 0.2) is 6.10 Å². The first-order chi connectivity index (χ1) is 8.06. The van der Waals surface area contributed by atoms with Crippen molar-refractivity contribution >= 4 is 11.9 Å². The number of carboxylic acid groups (broad SMARTS) is 1. The fourth-order valence-corrected chi connectivity index (χ4v) is 1.37. The van der Waals surface area contributed by atoms with Crippen LogP contribution in [-0.4, -0.2) is 30.1 Å². The lowest BCUT2D eigenvalue weighted by atomic mass is 10.1. The second-order valence-electron chi connectivity index (χ2n) is 3.59. The Kier molecular flexibility index (Phi) is 4.66. The number of ether oxygens (including phenoxy) is 1. The highest BCUT2D eigenvalue weighted by Gasteiger charge is 2.23. The lowest BCUT2D eigenvalue weighted by Gasteiger charge is -2.17. The van der Waals surface area contributed by atoms with Crippen molar-refractivity contribution in [2.75, 3.05) is 7.11 Å². The van der Waals surface area contributed by atoms with Crippen molar-refractivity contribution in [1.82, 2.24) is 5.32 Å². The minimum atomic E-state index is -1.08. The van der Waals surface area contributed by atoms with Gasteiger partial charge in [0.2, 0.25) is 0 Å². The monoisotopic (exact) mass is 237 g/mol. The molecule has 1 unspecified atom stereocenters. The molecule has 2 atom stereocenters. The Morgan fingerprint density at radius 3 is 2.35 bits per heavy atom. The third kappa shape index (κ3) is 3.57. The first kappa shape index (κ1) is 13.2. The van der Waals surface area contributed by atoms with E-state index in [0.717, 1.165) is 0 Å². The molecule has 0 aliphatic heterocycles. The van der Waals surface area contributed by atoms with E-state index in [4.69, 9.17) is 9.84 Å². The number of carbonyl (C=O) groups excluding carboxylic acids is 1. The van der Waals surface area contributed by atoms with Crippen LogP contribution in [-0.2, 0) is 14.3 Å². The molecule has 0 saturated heterocycles. The molecule has 0 saturated carbocycles. The van der Waals surface area contributed by atoms with Gasteiger partial charge in [-0.25, -0.2) is 0 Å². The van der Waals surface area contributed by atoms with Gasteiger partial charge in [0, 0.05) is 7.11 Å². The van der Waals surface area contributed by atoms with E-state index in [1.165, 1.54) is 14.0 Å². The molecule has 0 bridgehead atoms. The third-order valence-electron chi connectivity index (χ3n) is 2.31. The number of hydrogen-bond acceptors (Lipinski definition) is 3. The number of hydrogen-bond donors (Lipinski definition) is 2. The summed E-state index contributed by atoms with van der Waals surface area (Å²) in [6.45, 7) is 1.40. The van der Waals surface area contributed by atoms with E-state index in [1.54, 1.807) is 24.3 Å². The number of amides is 1. The molecule has 17 heavy (non-hydrogen) atoms. The molecule has 92 valence electrons. The Morgan fingerprint density at radius 1 is 1.29 bits per heavy atom. The highest BCUT2D eigenvalue weighted by atomic mass is 16.5. The minimum Gasteiger partial charge on any atom is -0.480 e. The summed E-state index contributed by atoms with van der Waals surface area (Å²) in [5.74, 6) is -1.55. The van der Waals surface area contributed by atoms with Gasteiger partial charge in [0.25, 0.3) is 5.91 Å². The summed E-state index contributed by atoms with van der Waals surface area (Å²) >= 11 is 0. The Morgan fingerprint density at radius 2 is 1.88 bits per heavy atom. The molecule has 0 aromatic heterocycles. The Hall–Kier alpha value is -1.88. The molecule has 0 radical (unpaired) electrons. The molecule has 0 aliphatic carbocycles. The van der Waals surface area contributed by atoms with Crippen LogP contribution in [0.15, 0.2) is 30.3 Å². The van der Waals surface area contributed by atoms with E-state index in [9.17, 15) is 9.59 Å². The topological polar surface area (TPSA) is 75.6 Å². The maximum absolute atomic E-state index is 11.8. The molecule has 1 rings (SSSR count). The standard InChI is InChI=1S/C12H15NO4/c1-8(12(15)16)13-11(14)10(17-2)9-6-4-3-5-7-9/h3-8,10H,1-2H3,(H,13,14)(H,15,16)/t8-,10?/m0/s1. The zero-order valence-corrected chi connectivity index (χ0v) is 9.71. The third-order valence-corrected chi connectivity index (χ3v) is 2.31. The van der Waals surface area contributed by atoms with E-state index >= 15 is 0 Å². The van der Waals surface area contributed by atoms with Crippen molar-refractivity contribution in [3.63, 3.8) is 0 Å². The smallest absolute Gasteiger partial charge is 0.325 e. The predicted octanol–water partition coefficient (Wildman–Crippen LogP) is 0.963. The Balaban J connectivity index is 2.75. The summed E-state index contributed by atoms with van der Waals surface area (Å²) < 4.78 is 5.07. The average Bonchev–Trinajstić information content (AvgIpc) is 2.31. The van der Waals surface area contributed by atoms with E-state index in [0.29, 0.717) is 5.56 Å². The van der Waals surface area contributed by atoms with Crippen molar-refractivity contribution in [1.29, 1.82) is 0 Å². The molecule has 1 aromatic rings. The van der Waals surface area contributed by atoms with Crippen molar-refractivity contribution in [2.24, 2.45) is 0 Å². The number of rotatable bonds is 5. The van der Waals surface area contributed by atoms with Gasteiger partial charge < -0.3 is 15.2 Å². The first-order valence-corrected chi connectivity index (χ1v) is 5.17. The summed E-state index contributed by atoms with van der Waals surface area (Å²) in [5.41, 5.74) is 0.685. The molecule has 5 heteroatoms. The molecule has 0 heterocycles. The molecule has 5 nitrogen and oxygen atoms in total. The number of carbonyl (C=O) groups is 2. The number of benzene rings is 1. The zero-order valence-electron chi connectivity index (χ0n) is 9.71. The number of methoxy groups -OCH3 is 1. The number of aliphatic carboxylic acids is 1. The van der Waals surface area contributed by atoms with Crippen LogP contribution in [0.4, 0.5) is 0 Å². The molecule has 0 fully saturated rings. The van der Waals surface area contributed by atoms with E-state index < -0.39 is 24.0 Å². The average molecular weight is 237 g/mol. The zero-order chi connectivity index (χ0) is 12.8. The highest BCUT2D eigenvalue weighted by Crippen LogP contribution is 2.16. The fourth-order valence-electron chi connectivity index (χ4n) is 1.37. The van der Waals surface area contributed by atoms with Crippen LogP contribution in [0.25, 0.3) is 0 Å². The van der Waals surface area contributed by atoms with Gasteiger partial charge in [0.1, 0.15) is 6.04 Å². The molecular formula is C12H15NO4. The summed E-state index contributed by atoms with van der Waals surface area (Å²) in [6, 6.07) is 7.96. The van der Waals surface area contributed by atoms with Gasteiger partial charge in [-0.2, -0.15) is 0 Å². The van der Waals surface area contributed by atoms with Gasteiger partial charge in [-0.1, -0.05) is 30.3 Å². The lowest BCUT2D eigenvalue weighted by Crippen LogP contribution is -2.41. The molecule has 2 N–H and O–H groups in total. The maximum atomic E-state index is 11.8. The van der Waals surface area contributed by atoms with Crippen LogP contribution in [0, 0.1) is 0 Å². The van der Waals surface area contributed by atoms with Gasteiger partial charge in [-0.3, -0.25) is 9.59 Å². The minimum absolute atomic E-state index is 0.464. The molecule has 0 aliphatic rings. The lowest BCUT2D eigenvalue weighted by molar-refractivity contribution is -0.143. The van der Waals surface area contributed by atoms with Crippen molar-refractivity contribution in [3.8, 4) is 0 Å². The normalized spacial score (nSPS) is 13.8. The largest absolute Gasteiger partial charge is 0.480 e. The van der Waals surface area contributed by atoms with Gasteiger partial charge in [-0.15, -0.1) is 0 Å². The van der Waals surface area contributed by atoms with Crippen molar-refractivity contribution in [2.45, 2.75) is 19.1 Å². The highest BCUT2D eigenvalue weighted by molar-refractivity contribution is 5.86. The Labute approximate surface area is 99.4 Å². The summed E-state index contributed by atoms with van der Waals surface area (Å²) in [4.78, 5) is 22.4. The van der Waals surface area contributed by atoms with Gasteiger partial charge in [0.05, 0.1) is 0 Å². The first-order valence-electron chi connectivity index (χ1n) is 5.17. The van der Waals surface area contributed by atoms with Crippen LogP contribution in [0.1, 0.15) is 18.6 Å². The van der Waals surface area contributed by atoms with Crippen LogP contribution < -0.4 is 5.32 Å². The van der Waals surface area contributed by atoms with E-state index in [-0.39, 0.29) is 0 Å². The van der Waals surface area contributed by atoms with Gasteiger partial charge in [-0.05, 0) is 12.5 Å². The quantitative estimate of drug-likeness (QED) is 0.800. The second-order valence-corrected chi connectivity index (χ2v) is 3.59. The van der Waals surface area contributed by atoms with Crippen LogP contribution in [0.2, 0.25) is 0 Å². The summed E-state index contributed by atoms with van der Waals surface area (Å²) in [6.07, 6.45) is -0.794. The van der Waals surface area contributed by atoms with Crippen LogP contribution >= 0.6 is 0 Å². The van der Waals surface area contributed by atoms with Crippen molar-refractivity contribution < 1.29 is 19.4 Å². The fraction of sp³-hybridized carbons (Fsp3) is 0.333. The maximum Gasteiger partial charge on any atom is 0.325 e. The number of carboxylic acids is 1. The SMILES string of the molecule is COC(C(=O)N[C@@H](C)C(=O)O)c1ccccc1. The van der Waals surface area contributed by atoms with Crippen molar-refractivity contribution in [3.05, 3.63) is 35.9 Å². The van der Waals surface area contributed by atoms with Crippen LogP contribution in [0.5, 0.6) is 0 Å². The Bertz CT molecular complexity index is 391. The summed E-state index contributed by atoms with van der Waals surface area (Å²) in [7, 11) is 1.41. The van der Waals surface area contributed by atoms with E-state index in [2.05, 4.69) is 5.32 Å². The van der Waals surface area contributed by atoms with E-state index in [1.807, 2.05) is 6.07 Å². The molecule has 1 amide bonds. The van der Waals surface area contributed by atoms with Crippen LogP contribution in [0.3, 0.4) is 0 Å². The summed E-state index contributed by atoms with van der Waals surface area (Å²) in [5, 5.41) is 11.1. The molecular weight excluding hydrogens is 222 g/mol. The predicted molar refractivity (Wildman–Crippen MR) is 61.4 cm³/mol. The van der Waals surface area contributed by atoms with Gasteiger partial charge >= 0.3 is 5.97 Å². The molecule has 1 aromatic carbocycles. The molecule has 0 spiro atoms.